The SMILES string of the molecule is Cc1cccc(C)c1OC[C@@H](O)CN1C(=O)N[C@](C)(c2cccc3ccccc23)C1=O. The fourth-order valence-corrected chi connectivity index (χ4v) is 4.18. The number of amides is 3. The van der Waals surface area contributed by atoms with Gasteiger partial charge in [-0.1, -0.05) is 60.7 Å². The van der Waals surface area contributed by atoms with Gasteiger partial charge in [-0.3, -0.25) is 9.69 Å². The lowest BCUT2D eigenvalue weighted by Gasteiger charge is -2.24. The molecule has 1 aliphatic rings. The van der Waals surface area contributed by atoms with Crippen LogP contribution in [0.5, 0.6) is 5.75 Å². The number of fused-ring (bicyclic) bond motifs is 1. The largest absolute Gasteiger partial charge is 0.490 e. The summed E-state index contributed by atoms with van der Waals surface area (Å²) >= 11 is 0. The van der Waals surface area contributed by atoms with Gasteiger partial charge in [-0.2, -0.15) is 0 Å². The zero-order valence-electron chi connectivity index (χ0n) is 17.9. The maximum atomic E-state index is 13.3. The topological polar surface area (TPSA) is 78.9 Å². The highest BCUT2D eigenvalue weighted by Crippen LogP contribution is 2.34. The Hall–Kier alpha value is -3.38. The molecule has 2 atom stereocenters. The number of nitrogens with zero attached hydrogens (tertiary/aromatic N) is 1. The molecule has 0 spiro atoms. The average Bonchev–Trinajstić information content (AvgIpc) is 2.96. The molecule has 31 heavy (non-hydrogen) atoms. The van der Waals surface area contributed by atoms with Gasteiger partial charge in [0.2, 0.25) is 0 Å². The molecule has 6 nitrogen and oxygen atoms in total. The predicted molar refractivity (Wildman–Crippen MR) is 119 cm³/mol. The second-order valence-corrected chi connectivity index (χ2v) is 8.18. The summed E-state index contributed by atoms with van der Waals surface area (Å²) in [5.74, 6) is 0.319. The van der Waals surface area contributed by atoms with Crippen molar-refractivity contribution in [1.82, 2.24) is 10.2 Å². The molecule has 1 fully saturated rings. The molecule has 1 aliphatic heterocycles. The lowest BCUT2D eigenvalue weighted by molar-refractivity contribution is -0.132. The van der Waals surface area contributed by atoms with E-state index in [1.807, 2.05) is 74.5 Å². The number of urea groups is 1. The second kappa shape index (κ2) is 8.04. The van der Waals surface area contributed by atoms with E-state index in [0.29, 0.717) is 5.75 Å². The van der Waals surface area contributed by atoms with Gasteiger partial charge in [0, 0.05) is 0 Å². The summed E-state index contributed by atoms with van der Waals surface area (Å²) in [5.41, 5.74) is 1.45. The number of hydrogen-bond donors (Lipinski definition) is 2. The molecule has 4 rings (SSSR count). The third kappa shape index (κ3) is 3.75. The minimum atomic E-state index is -1.20. The minimum absolute atomic E-state index is 0.0201. The Morgan fingerprint density at radius 1 is 1.00 bits per heavy atom. The number of para-hydroxylation sites is 1. The lowest BCUT2D eigenvalue weighted by Crippen LogP contribution is -2.43. The van der Waals surface area contributed by atoms with Crippen LogP contribution < -0.4 is 10.1 Å². The zero-order chi connectivity index (χ0) is 22.2. The van der Waals surface area contributed by atoms with E-state index >= 15 is 0 Å². The lowest BCUT2D eigenvalue weighted by atomic mass is 9.88. The molecule has 3 aromatic carbocycles. The number of carbonyl (C=O) groups excluding carboxylic acids is 2. The number of hydrogen-bond acceptors (Lipinski definition) is 4. The number of aryl methyl sites for hydroxylation is 2. The van der Waals surface area contributed by atoms with E-state index in [0.717, 1.165) is 32.4 Å². The van der Waals surface area contributed by atoms with Crippen LogP contribution >= 0.6 is 0 Å². The Bertz CT molecular complexity index is 1130. The van der Waals surface area contributed by atoms with Crippen molar-refractivity contribution in [1.29, 1.82) is 0 Å². The monoisotopic (exact) mass is 418 g/mol. The normalized spacial score (nSPS) is 19.5. The smallest absolute Gasteiger partial charge is 0.325 e. The summed E-state index contributed by atoms with van der Waals surface area (Å²) in [6.07, 6.45) is -1.01. The first-order chi connectivity index (χ1) is 14.8. The van der Waals surface area contributed by atoms with Crippen molar-refractivity contribution in [2.75, 3.05) is 13.2 Å². The Morgan fingerprint density at radius 3 is 2.39 bits per heavy atom. The molecule has 0 aliphatic carbocycles. The van der Waals surface area contributed by atoms with Crippen LogP contribution in [0, 0.1) is 13.8 Å². The second-order valence-electron chi connectivity index (χ2n) is 8.18. The number of ether oxygens (including phenoxy) is 1. The summed E-state index contributed by atoms with van der Waals surface area (Å²) in [6, 6.07) is 18.7. The van der Waals surface area contributed by atoms with Crippen molar-refractivity contribution >= 4 is 22.7 Å². The van der Waals surface area contributed by atoms with Crippen molar-refractivity contribution in [2.24, 2.45) is 0 Å². The van der Waals surface area contributed by atoms with Gasteiger partial charge in [0.15, 0.2) is 0 Å². The van der Waals surface area contributed by atoms with E-state index < -0.39 is 17.7 Å². The molecule has 0 aromatic heterocycles. The summed E-state index contributed by atoms with van der Waals surface area (Å²) in [5, 5.41) is 15.2. The number of aliphatic hydroxyl groups is 1. The Balaban J connectivity index is 1.52. The summed E-state index contributed by atoms with van der Waals surface area (Å²) in [4.78, 5) is 27.0. The fourth-order valence-electron chi connectivity index (χ4n) is 4.18. The highest BCUT2D eigenvalue weighted by Gasteiger charge is 2.50. The molecule has 3 aromatic rings. The van der Waals surface area contributed by atoms with Gasteiger partial charge >= 0.3 is 6.03 Å². The standard InChI is InChI=1S/C25H26N2O4/c1-16-8-6-9-17(2)22(16)31-15-19(28)14-27-23(29)25(3,26-24(27)30)21-13-7-11-18-10-4-5-12-20(18)21/h4-13,19,28H,14-15H2,1-3H3,(H,26,30)/t19-,25+/m0/s1. The van der Waals surface area contributed by atoms with E-state index in [4.69, 9.17) is 4.74 Å². The van der Waals surface area contributed by atoms with Crippen LogP contribution in [0.3, 0.4) is 0 Å². The highest BCUT2D eigenvalue weighted by molar-refractivity contribution is 6.09. The van der Waals surface area contributed by atoms with E-state index in [2.05, 4.69) is 5.32 Å². The number of carbonyl (C=O) groups is 2. The highest BCUT2D eigenvalue weighted by atomic mass is 16.5. The minimum Gasteiger partial charge on any atom is -0.490 e. The molecule has 160 valence electrons. The van der Waals surface area contributed by atoms with Crippen LogP contribution in [0.15, 0.2) is 60.7 Å². The van der Waals surface area contributed by atoms with Crippen molar-refractivity contribution in [2.45, 2.75) is 32.4 Å². The summed E-state index contributed by atoms with van der Waals surface area (Å²) in [6.45, 7) is 5.40. The number of rotatable bonds is 6. The van der Waals surface area contributed by atoms with Gasteiger partial charge in [-0.15, -0.1) is 0 Å². The van der Waals surface area contributed by atoms with Crippen molar-refractivity contribution in [3.8, 4) is 5.75 Å². The van der Waals surface area contributed by atoms with Gasteiger partial charge in [0.25, 0.3) is 5.91 Å². The van der Waals surface area contributed by atoms with Crippen LogP contribution in [0.25, 0.3) is 10.8 Å². The third-order valence-electron chi connectivity index (χ3n) is 5.83. The maximum absolute atomic E-state index is 13.3. The quantitative estimate of drug-likeness (QED) is 0.599. The number of nitrogens with one attached hydrogen (secondary N) is 1. The van der Waals surface area contributed by atoms with E-state index in [1.165, 1.54) is 0 Å². The Labute approximate surface area is 181 Å². The molecular formula is C25H26N2O4. The predicted octanol–water partition coefficient (Wildman–Crippen LogP) is 3.66. The number of benzene rings is 3. The van der Waals surface area contributed by atoms with Gasteiger partial charge in [0.05, 0.1) is 6.54 Å². The van der Waals surface area contributed by atoms with Gasteiger partial charge in [-0.05, 0) is 48.2 Å². The maximum Gasteiger partial charge on any atom is 0.325 e. The molecular weight excluding hydrogens is 392 g/mol. The third-order valence-corrected chi connectivity index (χ3v) is 5.83. The van der Waals surface area contributed by atoms with E-state index in [9.17, 15) is 14.7 Å². The first-order valence-corrected chi connectivity index (χ1v) is 10.3. The molecule has 6 heteroatoms. The summed E-state index contributed by atoms with van der Waals surface area (Å²) < 4.78 is 5.78. The molecule has 0 bridgehead atoms. The van der Waals surface area contributed by atoms with Gasteiger partial charge in [-0.25, -0.2) is 4.79 Å². The molecule has 1 heterocycles. The number of β-amino-alcohol motifs (C(OH)–C–C–N with tert-alkyl or cyclic N) is 1. The number of imide groups is 1. The van der Waals surface area contributed by atoms with Crippen LogP contribution in [0.4, 0.5) is 4.79 Å². The molecule has 0 saturated carbocycles. The van der Waals surface area contributed by atoms with Crippen LogP contribution in [-0.4, -0.2) is 41.2 Å². The van der Waals surface area contributed by atoms with Crippen molar-refractivity contribution < 1.29 is 19.4 Å². The van der Waals surface area contributed by atoms with Crippen LogP contribution in [0.1, 0.15) is 23.6 Å². The van der Waals surface area contributed by atoms with Crippen LogP contribution in [0.2, 0.25) is 0 Å². The average molecular weight is 418 g/mol. The van der Waals surface area contributed by atoms with Crippen molar-refractivity contribution in [3.05, 3.63) is 77.4 Å². The first kappa shape index (κ1) is 20.9. The first-order valence-electron chi connectivity index (χ1n) is 10.3. The van der Waals surface area contributed by atoms with Crippen LogP contribution in [-0.2, 0) is 10.3 Å². The molecule has 1 saturated heterocycles. The Kier molecular flexibility index (Phi) is 5.41. The molecule has 0 radical (unpaired) electrons. The van der Waals surface area contributed by atoms with Crippen molar-refractivity contribution in [3.63, 3.8) is 0 Å². The van der Waals surface area contributed by atoms with Gasteiger partial charge < -0.3 is 15.2 Å². The fraction of sp³-hybridized carbons (Fsp3) is 0.280. The van der Waals surface area contributed by atoms with Gasteiger partial charge in [0.1, 0.15) is 24.0 Å². The Morgan fingerprint density at radius 2 is 1.65 bits per heavy atom. The molecule has 3 amide bonds. The zero-order valence-corrected chi connectivity index (χ0v) is 17.9. The van der Waals surface area contributed by atoms with E-state index in [1.54, 1.807) is 6.92 Å². The number of aliphatic hydroxyl groups excluding tert-OH is 1. The summed E-state index contributed by atoms with van der Waals surface area (Å²) in [7, 11) is 0. The molecule has 2 N–H and O–H groups in total. The van der Waals surface area contributed by atoms with E-state index in [-0.39, 0.29) is 19.1 Å². The molecule has 0 unspecified atom stereocenters.